The second-order valence-corrected chi connectivity index (χ2v) is 6.89. The zero-order valence-corrected chi connectivity index (χ0v) is 15.3. The van der Waals surface area contributed by atoms with Crippen LogP contribution in [0.1, 0.15) is 36.8 Å². The Hall–Kier alpha value is -1.59. The molecular formula is C18H26ClN3O2. The number of aryl methyl sites for hydroxylation is 2. The van der Waals surface area contributed by atoms with Gasteiger partial charge in [-0.3, -0.25) is 9.59 Å². The molecule has 2 atom stereocenters. The minimum Gasteiger partial charge on any atom is -0.359 e. The van der Waals surface area contributed by atoms with Crippen LogP contribution in [0.3, 0.4) is 0 Å². The molecule has 3 N–H and O–H groups in total. The lowest BCUT2D eigenvalue weighted by molar-refractivity contribution is -0.126. The van der Waals surface area contributed by atoms with E-state index in [9.17, 15) is 9.59 Å². The number of carbonyl (C=O) groups excluding carboxylic acids is 2. The summed E-state index contributed by atoms with van der Waals surface area (Å²) in [6.45, 7) is 4.06. The predicted molar refractivity (Wildman–Crippen MR) is 97.4 cm³/mol. The average molecular weight is 352 g/mol. The Morgan fingerprint density at radius 1 is 1.21 bits per heavy atom. The molecule has 0 heterocycles. The van der Waals surface area contributed by atoms with Gasteiger partial charge in [-0.05, 0) is 43.9 Å². The third-order valence-corrected chi connectivity index (χ3v) is 4.87. The Morgan fingerprint density at radius 3 is 2.58 bits per heavy atom. The summed E-state index contributed by atoms with van der Waals surface area (Å²) in [6.07, 6.45) is 3.91. The molecule has 6 heteroatoms. The van der Waals surface area contributed by atoms with Crippen LogP contribution >= 0.6 is 11.6 Å². The van der Waals surface area contributed by atoms with Crippen molar-refractivity contribution in [3.05, 3.63) is 28.3 Å². The van der Waals surface area contributed by atoms with Gasteiger partial charge in [0.1, 0.15) is 0 Å². The van der Waals surface area contributed by atoms with Crippen LogP contribution in [0.5, 0.6) is 0 Å². The Labute approximate surface area is 148 Å². The maximum absolute atomic E-state index is 12.3. The van der Waals surface area contributed by atoms with E-state index in [1.54, 1.807) is 7.05 Å². The van der Waals surface area contributed by atoms with Gasteiger partial charge in [0.05, 0.1) is 23.2 Å². The summed E-state index contributed by atoms with van der Waals surface area (Å²) < 4.78 is 0. The fraction of sp³-hybridized carbons (Fsp3) is 0.556. The molecule has 0 bridgehead atoms. The molecule has 1 fully saturated rings. The zero-order chi connectivity index (χ0) is 17.7. The van der Waals surface area contributed by atoms with E-state index in [1.165, 1.54) is 0 Å². The summed E-state index contributed by atoms with van der Waals surface area (Å²) in [6, 6.07) is 3.86. The van der Waals surface area contributed by atoms with E-state index in [-0.39, 0.29) is 30.3 Å². The van der Waals surface area contributed by atoms with Crippen LogP contribution in [0, 0.1) is 19.8 Å². The SMILES string of the molecule is CNC(=O)[C@H]1CCCC[C@@H]1NCC(=O)Nc1c(C)cc(C)cc1Cl. The lowest BCUT2D eigenvalue weighted by Crippen LogP contribution is -2.47. The summed E-state index contributed by atoms with van der Waals surface area (Å²) in [7, 11) is 1.66. The first-order valence-electron chi connectivity index (χ1n) is 8.44. The van der Waals surface area contributed by atoms with Crippen molar-refractivity contribution in [2.45, 2.75) is 45.6 Å². The molecule has 0 spiro atoms. The number of halogens is 1. The number of carbonyl (C=O) groups is 2. The molecular weight excluding hydrogens is 326 g/mol. The first kappa shape index (κ1) is 18.7. The Bertz CT molecular complexity index is 595. The highest BCUT2D eigenvalue weighted by Gasteiger charge is 2.30. The molecule has 1 aromatic rings. The maximum atomic E-state index is 12.3. The van der Waals surface area contributed by atoms with Gasteiger partial charge in [0.15, 0.2) is 0 Å². The molecule has 2 amide bonds. The highest BCUT2D eigenvalue weighted by Crippen LogP contribution is 2.27. The number of anilines is 1. The number of amides is 2. The number of rotatable bonds is 5. The molecule has 132 valence electrons. The highest BCUT2D eigenvalue weighted by atomic mass is 35.5. The van der Waals surface area contributed by atoms with Crippen molar-refractivity contribution in [2.75, 3.05) is 18.9 Å². The van der Waals surface area contributed by atoms with Crippen LogP contribution in [-0.4, -0.2) is 31.4 Å². The van der Waals surface area contributed by atoms with Gasteiger partial charge in [0.2, 0.25) is 11.8 Å². The Balaban J connectivity index is 1.94. The zero-order valence-electron chi connectivity index (χ0n) is 14.5. The quantitative estimate of drug-likeness (QED) is 0.764. The van der Waals surface area contributed by atoms with E-state index >= 15 is 0 Å². The summed E-state index contributed by atoms with van der Waals surface area (Å²) in [5.74, 6) is -0.170. The van der Waals surface area contributed by atoms with E-state index in [0.717, 1.165) is 36.8 Å². The number of hydrogen-bond donors (Lipinski definition) is 3. The largest absolute Gasteiger partial charge is 0.359 e. The van der Waals surface area contributed by atoms with Gasteiger partial charge in [-0.25, -0.2) is 0 Å². The molecule has 2 rings (SSSR count). The van der Waals surface area contributed by atoms with Gasteiger partial charge in [0.25, 0.3) is 0 Å². The Morgan fingerprint density at radius 2 is 1.92 bits per heavy atom. The van der Waals surface area contributed by atoms with Crippen LogP contribution in [0.15, 0.2) is 12.1 Å². The smallest absolute Gasteiger partial charge is 0.238 e. The van der Waals surface area contributed by atoms with E-state index < -0.39 is 0 Å². The third kappa shape index (κ3) is 4.71. The number of benzene rings is 1. The fourth-order valence-electron chi connectivity index (χ4n) is 3.36. The van der Waals surface area contributed by atoms with Gasteiger partial charge in [-0.2, -0.15) is 0 Å². The average Bonchev–Trinajstić information content (AvgIpc) is 2.55. The molecule has 1 saturated carbocycles. The molecule has 24 heavy (non-hydrogen) atoms. The molecule has 1 aromatic carbocycles. The molecule has 0 unspecified atom stereocenters. The van der Waals surface area contributed by atoms with Crippen LogP contribution in [0.2, 0.25) is 5.02 Å². The summed E-state index contributed by atoms with van der Waals surface area (Å²) >= 11 is 6.22. The lowest BCUT2D eigenvalue weighted by Gasteiger charge is -2.30. The standard InChI is InChI=1S/C18H26ClN3O2/c1-11-8-12(2)17(14(19)9-11)22-16(23)10-21-15-7-5-4-6-13(15)18(24)20-3/h8-9,13,15,21H,4-7,10H2,1-3H3,(H,20,24)(H,22,23)/t13-,15-/m0/s1. The van der Waals surface area contributed by atoms with Crippen LogP contribution < -0.4 is 16.0 Å². The van der Waals surface area contributed by atoms with Crippen LogP contribution in [0.4, 0.5) is 5.69 Å². The second-order valence-electron chi connectivity index (χ2n) is 6.48. The molecule has 1 aliphatic carbocycles. The number of hydrogen-bond acceptors (Lipinski definition) is 3. The van der Waals surface area contributed by atoms with E-state index in [1.807, 2.05) is 26.0 Å². The van der Waals surface area contributed by atoms with Crippen molar-refractivity contribution in [3.63, 3.8) is 0 Å². The summed E-state index contributed by atoms with van der Waals surface area (Å²) in [4.78, 5) is 24.2. The van der Waals surface area contributed by atoms with Gasteiger partial charge in [-0.15, -0.1) is 0 Å². The topological polar surface area (TPSA) is 70.2 Å². The van der Waals surface area contributed by atoms with Crippen molar-refractivity contribution >= 4 is 29.1 Å². The number of nitrogens with one attached hydrogen (secondary N) is 3. The van der Waals surface area contributed by atoms with Gasteiger partial charge < -0.3 is 16.0 Å². The lowest BCUT2D eigenvalue weighted by atomic mass is 9.84. The second kappa shape index (κ2) is 8.49. The Kier molecular flexibility index (Phi) is 6.63. The highest BCUT2D eigenvalue weighted by molar-refractivity contribution is 6.34. The van der Waals surface area contributed by atoms with Crippen molar-refractivity contribution < 1.29 is 9.59 Å². The van der Waals surface area contributed by atoms with Crippen molar-refractivity contribution in [3.8, 4) is 0 Å². The van der Waals surface area contributed by atoms with Crippen molar-refractivity contribution in [1.29, 1.82) is 0 Å². The van der Waals surface area contributed by atoms with Crippen LogP contribution in [-0.2, 0) is 9.59 Å². The van der Waals surface area contributed by atoms with Crippen molar-refractivity contribution in [1.82, 2.24) is 10.6 Å². The van der Waals surface area contributed by atoms with Crippen LogP contribution in [0.25, 0.3) is 0 Å². The van der Waals surface area contributed by atoms with Crippen molar-refractivity contribution in [2.24, 2.45) is 5.92 Å². The molecule has 1 aliphatic rings. The minimum absolute atomic E-state index is 0.0408. The summed E-state index contributed by atoms with van der Waals surface area (Å²) in [5, 5.41) is 9.37. The molecule has 0 saturated heterocycles. The fourth-order valence-corrected chi connectivity index (χ4v) is 3.72. The molecule has 0 aromatic heterocycles. The molecule has 0 radical (unpaired) electrons. The predicted octanol–water partition coefficient (Wildman–Crippen LogP) is 2.79. The van der Waals surface area contributed by atoms with Gasteiger partial charge in [-0.1, -0.05) is 30.5 Å². The minimum atomic E-state index is -0.148. The summed E-state index contributed by atoms with van der Waals surface area (Å²) in [5.41, 5.74) is 2.65. The van der Waals surface area contributed by atoms with Gasteiger partial charge >= 0.3 is 0 Å². The van der Waals surface area contributed by atoms with E-state index in [2.05, 4.69) is 16.0 Å². The van der Waals surface area contributed by atoms with Gasteiger partial charge in [0, 0.05) is 13.1 Å². The third-order valence-electron chi connectivity index (χ3n) is 4.57. The molecule has 5 nitrogen and oxygen atoms in total. The monoisotopic (exact) mass is 351 g/mol. The maximum Gasteiger partial charge on any atom is 0.238 e. The molecule has 0 aliphatic heterocycles. The first-order chi connectivity index (χ1) is 11.4. The van der Waals surface area contributed by atoms with E-state index in [0.29, 0.717) is 10.7 Å². The first-order valence-corrected chi connectivity index (χ1v) is 8.81. The normalized spacial score (nSPS) is 20.5. The van der Waals surface area contributed by atoms with E-state index in [4.69, 9.17) is 11.6 Å².